The lowest BCUT2D eigenvalue weighted by atomic mass is 9.98. The fraction of sp³-hybridized carbons (Fsp3) is 0.615. The summed E-state index contributed by atoms with van der Waals surface area (Å²) in [4.78, 5) is 6.71. The molecule has 0 radical (unpaired) electrons. The van der Waals surface area contributed by atoms with Crippen LogP contribution in [0.25, 0.3) is 0 Å². The third kappa shape index (κ3) is 2.42. The van der Waals surface area contributed by atoms with Crippen molar-refractivity contribution >= 4 is 0 Å². The van der Waals surface area contributed by atoms with Gasteiger partial charge in [-0.1, -0.05) is 0 Å². The second-order valence-electron chi connectivity index (χ2n) is 4.61. The number of aryl methyl sites for hydroxylation is 1. The maximum atomic E-state index is 5.58. The minimum Gasteiger partial charge on any atom is -0.330 e. The summed E-state index contributed by atoms with van der Waals surface area (Å²) >= 11 is 0. The van der Waals surface area contributed by atoms with Crippen molar-refractivity contribution in [3.8, 4) is 0 Å². The van der Waals surface area contributed by atoms with E-state index in [1.54, 1.807) is 0 Å². The highest BCUT2D eigenvalue weighted by Gasteiger charge is 2.24. The van der Waals surface area contributed by atoms with Gasteiger partial charge in [0.15, 0.2) is 0 Å². The minimum absolute atomic E-state index is 0.571. The van der Waals surface area contributed by atoms with Crippen LogP contribution in [0.1, 0.15) is 36.4 Å². The highest BCUT2D eigenvalue weighted by molar-refractivity contribution is 5.27. The molecule has 1 fully saturated rings. The van der Waals surface area contributed by atoms with Gasteiger partial charge >= 0.3 is 0 Å². The zero-order chi connectivity index (χ0) is 11.4. The molecule has 1 aromatic heterocycles. The molecule has 2 rings (SSSR count). The molecule has 3 heteroatoms. The molecule has 0 amide bonds. The Morgan fingerprint density at radius 1 is 1.56 bits per heavy atom. The van der Waals surface area contributed by atoms with E-state index in [1.807, 2.05) is 12.4 Å². The van der Waals surface area contributed by atoms with Crippen molar-refractivity contribution in [3.63, 3.8) is 0 Å². The molecule has 0 spiro atoms. The minimum atomic E-state index is 0.571. The molecule has 0 saturated carbocycles. The monoisotopic (exact) mass is 219 g/mol. The number of pyridine rings is 1. The molecule has 0 aromatic carbocycles. The highest BCUT2D eigenvalue weighted by Crippen LogP contribution is 2.32. The molecule has 16 heavy (non-hydrogen) atoms. The van der Waals surface area contributed by atoms with Gasteiger partial charge in [-0.25, -0.2) is 0 Å². The number of aromatic nitrogens is 1. The second-order valence-corrected chi connectivity index (χ2v) is 4.61. The van der Waals surface area contributed by atoms with E-state index in [0.717, 1.165) is 19.4 Å². The van der Waals surface area contributed by atoms with Crippen molar-refractivity contribution in [2.45, 2.75) is 31.7 Å². The second kappa shape index (κ2) is 5.41. The Kier molecular flexibility index (Phi) is 3.91. The zero-order valence-electron chi connectivity index (χ0n) is 10.0. The first-order valence-electron chi connectivity index (χ1n) is 6.16. The van der Waals surface area contributed by atoms with Gasteiger partial charge in [-0.2, -0.15) is 0 Å². The summed E-state index contributed by atoms with van der Waals surface area (Å²) < 4.78 is 0. The number of nitrogens with zero attached hydrogens (tertiary/aromatic N) is 2. The topological polar surface area (TPSA) is 42.2 Å². The fourth-order valence-electron chi connectivity index (χ4n) is 2.56. The third-order valence-corrected chi connectivity index (χ3v) is 3.48. The average molecular weight is 219 g/mol. The molecule has 2 N–H and O–H groups in total. The van der Waals surface area contributed by atoms with Gasteiger partial charge in [-0.15, -0.1) is 0 Å². The Morgan fingerprint density at radius 3 is 3.12 bits per heavy atom. The molecule has 88 valence electrons. The number of rotatable bonds is 4. The van der Waals surface area contributed by atoms with E-state index >= 15 is 0 Å². The Bertz CT molecular complexity index is 338. The molecule has 1 aliphatic heterocycles. The van der Waals surface area contributed by atoms with Crippen LogP contribution in [-0.2, 0) is 6.42 Å². The summed E-state index contributed by atoms with van der Waals surface area (Å²) in [6.07, 6.45) is 8.64. The standard InChI is InChI=1S/C13H21N3/c1-16-9-3-5-13(16)12-10-15-8-6-11(12)4-2-7-14/h6,8,10,13H,2-5,7,9,14H2,1H3. The predicted octanol–water partition coefficient (Wildman–Crippen LogP) is 1.74. The van der Waals surface area contributed by atoms with Crippen molar-refractivity contribution in [3.05, 3.63) is 29.6 Å². The van der Waals surface area contributed by atoms with Crippen LogP contribution in [0.3, 0.4) is 0 Å². The van der Waals surface area contributed by atoms with Crippen LogP contribution in [0, 0.1) is 0 Å². The largest absolute Gasteiger partial charge is 0.330 e. The van der Waals surface area contributed by atoms with Crippen LogP contribution in [0.5, 0.6) is 0 Å². The summed E-state index contributed by atoms with van der Waals surface area (Å²) in [6.45, 7) is 1.97. The van der Waals surface area contributed by atoms with Crippen LogP contribution in [0.4, 0.5) is 0 Å². The maximum Gasteiger partial charge on any atom is 0.0363 e. The maximum absolute atomic E-state index is 5.58. The van der Waals surface area contributed by atoms with Crippen molar-refractivity contribution in [2.24, 2.45) is 5.73 Å². The lowest BCUT2D eigenvalue weighted by Gasteiger charge is -2.22. The lowest BCUT2D eigenvalue weighted by molar-refractivity contribution is 0.315. The van der Waals surface area contributed by atoms with Gasteiger partial charge < -0.3 is 5.73 Å². The van der Waals surface area contributed by atoms with Gasteiger partial charge in [0, 0.05) is 18.4 Å². The zero-order valence-corrected chi connectivity index (χ0v) is 10.0. The molecule has 3 nitrogen and oxygen atoms in total. The van der Waals surface area contributed by atoms with E-state index in [0.29, 0.717) is 6.04 Å². The number of hydrogen-bond donors (Lipinski definition) is 1. The van der Waals surface area contributed by atoms with E-state index in [-0.39, 0.29) is 0 Å². The average Bonchev–Trinajstić information content (AvgIpc) is 2.73. The van der Waals surface area contributed by atoms with Crippen LogP contribution >= 0.6 is 0 Å². The smallest absolute Gasteiger partial charge is 0.0363 e. The fourth-order valence-corrected chi connectivity index (χ4v) is 2.56. The van der Waals surface area contributed by atoms with E-state index in [4.69, 9.17) is 5.73 Å². The number of hydrogen-bond acceptors (Lipinski definition) is 3. The van der Waals surface area contributed by atoms with Gasteiger partial charge in [-0.05, 0) is 63.0 Å². The molecule has 1 aliphatic rings. The van der Waals surface area contributed by atoms with Crippen LogP contribution in [0.15, 0.2) is 18.5 Å². The Hall–Kier alpha value is -0.930. The Morgan fingerprint density at radius 2 is 2.44 bits per heavy atom. The first-order valence-corrected chi connectivity index (χ1v) is 6.16. The molecular formula is C13H21N3. The molecule has 2 heterocycles. The van der Waals surface area contributed by atoms with Crippen LogP contribution in [-0.4, -0.2) is 30.0 Å². The van der Waals surface area contributed by atoms with Crippen LogP contribution in [0.2, 0.25) is 0 Å². The van der Waals surface area contributed by atoms with Crippen molar-refractivity contribution in [2.75, 3.05) is 20.1 Å². The molecule has 1 aromatic rings. The van der Waals surface area contributed by atoms with E-state index in [1.165, 1.54) is 30.5 Å². The molecule has 1 atom stereocenters. The van der Waals surface area contributed by atoms with Gasteiger partial charge in [-0.3, -0.25) is 9.88 Å². The summed E-state index contributed by atoms with van der Waals surface area (Å²) in [5.74, 6) is 0. The van der Waals surface area contributed by atoms with Crippen molar-refractivity contribution in [1.82, 2.24) is 9.88 Å². The van der Waals surface area contributed by atoms with E-state index in [2.05, 4.69) is 23.0 Å². The summed E-state index contributed by atoms with van der Waals surface area (Å²) in [5, 5.41) is 0. The molecule has 0 aliphatic carbocycles. The normalized spacial score (nSPS) is 21.5. The Labute approximate surface area is 97.7 Å². The SMILES string of the molecule is CN1CCCC1c1cnccc1CCCN. The molecule has 1 saturated heterocycles. The first-order chi connectivity index (χ1) is 7.83. The molecular weight excluding hydrogens is 198 g/mol. The van der Waals surface area contributed by atoms with Crippen molar-refractivity contribution in [1.29, 1.82) is 0 Å². The van der Waals surface area contributed by atoms with Gasteiger partial charge in [0.25, 0.3) is 0 Å². The summed E-state index contributed by atoms with van der Waals surface area (Å²) in [7, 11) is 2.21. The van der Waals surface area contributed by atoms with Gasteiger partial charge in [0.05, 0.1) is 0 Å². The predicted molar refractivity (Wildman–Crippen MR) is 66.2 cm³/mol. The van der Waals surface area contributed by atoms with Crippen molar-refractivity contribution < 1.29 is 0 Å². The van der Waals surface area contributed by atoms with E-state index in [9.17, 15) is 0 Å². The summed E-state index contributed by atoms with van der Waals surface area (Å²) in [5.41, 5.74) is 8.42. The first kappa shape index (κ1) is 11.6. The van der Waals surface area contributed by atoms with E-state index < -0.39 is 0 Å². The quantitative estimate of drug-likeness (QED) is 0.838. The lowest BCUT2D eigenvalue weighted by Crippen LogP contribution is -2.19. The van der Waals surface area contributed by atoms with Gasteiger partial charge in [0.2, 0.25) is 0 Å². The Balaban J connectivity index is 2.18. The highest BCUT2D eigenvalue weighted by atomic mass is 15.1. The number of likely N-dealkylation sites (tertiary alicyclic amines) is 1. The third-order valence-electron chi connectivity index (χ3n) is 3.48. The molecule has 0 bridgehead atoms. The molecule has 1 unspecified atom stereocenters. The number of nitrogens with two attached hydrogens (primary N) is 1. The summed E-state index contributed by atoms with van der Waals surface area (Å²) in [6, 6.07) is 2.72. The van der Waals surface area contributed by atoms with Gasteiger partial charge in [0.1, 0.15) is 0 Å². The van der Waals surface area contributed by atoms with Crippen LogP contribution < -0.4 is 5.73 Å².